The lowest BCUT2D eigenvalue weighted by atomic mass is 10.0. The standard InChI is InChI=1S/C16H24ClN3O/c17-15-9-12(1-2-16(15)21)10-19-6-5-14(11-19)20-7-3-13(18)4-8-20/h1-2,9,13-14,21H,3-8,10-11,18H2. The molecule has 0 aromatic heterocycles. The fraction of sp³-hybridized carbons (Fsp3) is 0.625. The Hall–Kier alpha value is -0.810. The molecular weight excluding hydrogens is 286 g/mol. The number of hydrogen-bond donors (Lipinski definition) is 2. The van der Waals surface area contributed by atoms with Crippen LogP contribution in [0.5, 0.6) is 5.75 Å². The highest BCUT2D eigenvalue weighted by Crippen LogP contribution is 2.26. The summed E-state index contributed by atoms with van der Waals surface area (Å²) in [4.78, 5) is 5.08. The summed E-state index contributed by atoms with van der Waals surface area (Å²) >= 11 is 5.97. The summed E-state index contributed by atoms with van der Waals surface area (Å²) in [5, 5.41) is 9.91. The van der Waals surface area contributed by atoms with Crippen molar-refractivity contribution in [2.24, 2.45) is 5.73 Å². The average Bonchev–Trinajstić information content (AvgIpc) is 2.92. The van der Waals surface area contributed by atoms with Gasteiger partial charge in [0.25, 0.3) is 0 Å². The number of phenols is 1. The largest absolute Gasteiger partial charge is 0.506 e. The Balaban J connectivity index is 1.53. The zero-order valence-corrected chi connectivity index (χ0v) is 13.1. The van der Waals surface area contributed by atoms with Crippen LogP contribution in [0, 0.1) is 0 Å². The van der Waals surface area contributed by atoms with E-state index in [1.165, 1.54) is 12.0 Å². The predicted octanol–water partition coefficient (Wildman–Crippen LogP) is 2.04. The van der Waals surface area contributed by atoms with Crippen molar-refractivity contribution in [1.29, 1.82) is 0 Å². The molecule has 1 unspecified atom stereocenters. The molecule has 0 saturated carbocycles. The van der Waals surface area contributed by atoms with Crippen molar-refractivity contribution in [2.75, 3.05) is 26.2 Å². The van der Waals surface area contributed by atoms with E-state index < -0.39 is 0 Å². The first kappa shape index (κ1) is 15.1. The first-order valence-corrected chi connectivity index (χ1v) is 8.19. The number of piperidine rings is 1. The van der Waals surface area contributed by atoms with Crippen LogP contribution in [0.2, 0.25) is 5.02 Å². The van der Waals surface area contributed by atoms with Crippen molar-refractivity contribution in [3.8, 4) is 5.75 Å². The molecule has 0 spiro atoms. The number of nitrogens with zero attached hydrogens (tertiary/aromatic N) is 2. The SMILES string of the molecule is NC1CCN(C2CCN(Cc3ccc(O)c(Cl)c3)C2)CC1. The molecule has 2 aliphatic heterocycles. The smallest absolute Gasteiger partial charge is 0.134 e. The van der Waals surface area contributed by atoms with Crippen LogP contribution in [-0.2, 0) is 6.54 Å². The lowest BCUT2D eigenvalue weighted by molar-refractivity contribution is 0.151. The van der Waals surface area contributed by atoms with Gasteiger partial charge in [0.15, 0.2) is 0 Å². The highest BCUT2D eigenvalue weighted by atomic mass is 35.5. The molecule has 3 N–H and O–H groups in total. The van der Waals surface area contributed by atoms with Crippen LogP contribution in [0.15, 0.2) is 18.2 Å². The van der Waals surface area contributed by atoms with E-state index in [9.17, 15) is 5.11 Å². The molecule has 0 amide bonds. The van der Waals surface area contributed by atoms with Gasteiger partial charge >= 0.3 is 0 Å². The van der Waals surface area contributed by atoms with Gasteiger partial charge in [0.1, 0.15) is 5.75 Å². The molecule has 2 heterocycles. The first-order valence-electron chi connectivity index (χ1n) is 7.81. The van der Waals surface area contributed by atoms with Crippen LogP contribution in [0.4, 0.5) is 0 Å². The number of aromatic hydroxyl groups is 1. The zero-order chi connectivity index (χ0) is 14.8. The molecule has 2 saturated heterocycles. The Morgan fingerprint density at radius 2 is 1.95 bits per heavy atom. The van der Waals surface area contributed by atoms with Crippen molar-refractivity contribution in [1.82, 2.24) is 9.80 Å². The number of likely N-dealkylation sites (tertiary alicyclic amines) is 2. The zero-order valence-electron chi connectivity index (χ0n) is 12.3. The van der Waals surface area contributed by atoms with E-state index >= 15 is 0 Å². The van der Waals surface area contributed by atoms with Gasteiger partial charge in [0, 0.05) is 31.7 Å². The Labute approximate surface area is 131 Å². The summed E-state index contributed by atoms with van der Waals surface area (Å²) in [6.07, 6.45) is 3.50. The normalized spacial score (nSPS) is 25.5. The minimum absolute atomic E-state index is 0.157. The van der Waals surface area contributed by atoms with Crippen LogP contribution < -0.4 is 5.73 Å². The van der Waals surface area contributed by atoms with E-state index in [1.54, 1.807) is 6.07 Å². The van der Waals surface area contributed by atoms with Crippen LogP contribution in [0.3, 0.4) is 0 Å². The van der Waals surface area contributed by atoms with Gasteiger partial charge in [-0.05, 0) is 50.0 Å². The summed E-state index contributed by atoms with van der Waals surface area (Å²) in [6.45, 7) is 5.44. The van der Waals surface area contributed by atoms with Crippen LogP contribution >= 0.6 is 11.6 Å². The van der Waals surface area contributed by atoms with Crippen LogP contribution in [0.25, 0.3) is 0 Å². The summed E-state index contributed by atoms with van der Waals surface area (Å²) in [5.74, 6) is 0.157. The van der Waals surface area contributed by atoms with Gasteiger partial charge in [-0.25, -0.2) is 0 Å². The maximum atomic E-state index is 9.48. The second kappa shape index (κ2) is 6.53. The molecule has 1 aromatic rings. The predicted molar refractivity (Wildman–Crippen MR) is 85.6 cm³/mol. The van der Waals surface area contributed by atoms with Crippen molar-refractivity contribution >= 4 is 11.6 Å². The van der Waals surface area contributed by atoms with Gasteiger partial charge in [-0.15, -0.1) is 0 Å². The van der Waals surface area contributed by atoms with Gasteiger partial charge in [0.2, 0.25) is 0 Å². The maximum Gasteiger partial charge on any atom is 0.134 e. The van der Waals surface area contributed by atoms with Gasteiger partial charge < -0.3 is 10.8 Å². The van der Waals surface area contributed by atoms with Crippen LogP contribution in [0.1, 0.15) is 24.8 Å². The number of benzene rings is 1. The molecule has 3 rings (SSSR count). The first-order chi connectivity index (χ1) is 10.1. The second-order valence-corrected chi connectivity index (χ2v) is 6.74. The minimum atomic E-state index is 0.157. The molecule has 21 heavy (non-hydrogen) atoms. The molecule has 1 aromatic carbocycles. The van der Waals surface area contributed by atoms with E-state index in [0.29, 0.717) is 17.1 Å². The molecule has 0 bridgehead atoms. The molecule has 1 atom stereocenters. The van der Waals surface area contributed by atoms with E-state index in [2.05, 4.69) is 9.80 Å². The highest BCUT2D eigenvalue weighted by Gasteiger charge is 2.29. The van der Waals surface area contributed by atoms with Crippen molar-refractivity contribution in [3.05, 3.63) is 28.8 Å². The number of nitrogens with two attached hydrogens (primary N) is 1. The average molecular weight is 310 g/mol. The van der Waals surface area contributed by atoms with Gasteiger partial charge in [0.05, 0.1) is 5.02 Å². The van der Waals surface area contributed by atoms with Gasteiger partial charge in [-0.1, -0.05) is 17.7 Å². The summed E-state index contributed by atoms with van der Waals surface area (Å²) < 4.78 is 0. The third-order valence-electron chi connectivity index (χ3n) is 4.76. The number of halogens is 1. The molecular formula is C16H24ClN3O. The second-order valence-electron chi connectivity index (χ2n) is 6.34. The Bertz CT molecular complexity index is 488. The molecule has 0 radical (unpaired) electrons. The van der Waals surface area contributed by atoms with Crippen molar-refractivity contribution in [2.45, 2.75) is 37.9 Å². The van der Waals surface area contributed by atoms with Gasteiger partial charge in [-0.2, -0.15) is 0 Å². The Morgan fingerprint density at radius 1 is 1.19 bits per heavy atom. The quantitative estimate of drug-likeness (QED) is 0.897. The summed E-state index contributed by atoms with van der Waals surface area (Å²) in [5.41, 5.74) is 7.15. The Kier molecular flexibility index (Phi) is 4.69. The Morgan fingerprint density at radius 3 is 2.67 bits per heavy atom. The minimum Gasteiger partial charge on any atom is -0.506 e. The van der Waals surface area contributed by atoms with E-state index in [-0.39, 0.29) is 5.75 Å². The molecule has 5 heteroatoms. The topological polar surface area (TPSA) is 52.7 Å². The third kappa shape index (κ3) is 3.69. The van der Waals surface area contributed by atoms with E-state index in [1.807, 2.05) is 12.1 Å². The van der Waals surface area contributed by atoms with Crippen molar-refractivity contribution in [3.63, 3.8) is 0 Å². The summed E-state index contributed by atoms with van der Waals surface area (Å²) in [7, 11) is 0. The third-order valence-corrected chi connectivity index (χ3v) is 5.06. The number of phenolic OH excluding ortho intramolecular Hbond substituents is 1. The molecule has 4 nitrogen and oxygen atoms in total. The molecule has 2 fully saturated rings. The molecule has 116 valence electrons. The van der Waals surface area contributed by atoms with E-state index in [0.717, 1.165) is 45.6 Å². The lowest BCUT2D eigenvalue weighted by Gasteiger charge is -2.34. The fourth-order valence-corrected chi connectivity index (χ4v) is 3.65. The monoisotopic (exact) mass is 309 g/mol. The van der Waals surface area contributed by atoms with Crippen molar-refractivity contribution < 1.29 is 5.11 Å². The van der Waals surface area contributed by atoms with Gasteiger partial charge in [-0.3, -0.25) is 9.80 Å². The number of hydrogen-bond acceptors (Lipinski definition) is 4. The summed E-state index contributed by atoms with van der Waals surface area (Å²) in [6, 6.07) is 6.57. The lowest BCUT2D eigenvalue weighted by Crippen LogP contribution is -2.46. The number of rotatable bonds is 3. The maximum absolute atomic E-state index is 9.48. The van der Waals surface area contributed by atoms with Crippen LogP contribution in [-0.4, -0.2) is 53.2 Å². The van der Waals surface area contributed by atoms with E-state index in [4.69, 9.17) is 17.3 Å². The molecule has 0 aliphatic carbocycles. The highest BCUT2D eigenvalue weighted by molar-refractivity contribution is 6.32. The molecule has 2 aliphatic rings. The fourth-order valence-electron chi connectivity index (χ4n) is 3.45.